The number of rotatable bonds is 5. The maximum Gasteiger partial charge on any atom is 0.329 e. The third kappa shape index (κ3) is 5.95. The summed E-state index contributed by atoms with van der Waals surface area (Å²) in [5, 5.41) is 6.26. The molecule has 0 aliphatic carbocycles. The smallest absolute Gasteiger partial charge is 0.329 e. The molecule has 0 radical (unpaired) electrons. The molecule has 2 rings (SSSR count). The molecule has 0 heterocycles. The van der Waals surface area contributed by atoms with Crippen molar-refractivity contribution in [2.75, 3.05) is 12.4 Å². The van der Waals surface area contributed by atoms with Gasteiger partial charge in [-0.05, 0) is 42.3 Å². The van der Waals surface area contributed by atoms with Gasteiger partial charge in [0.1, 0.15) is 5.75 Å². The highest BCUT2D eigenvalue weighted by Gasteiger charge is 2.12. The van der Waals surface area contributed by atoms with Crippen molar-refractivity contribution in [3.8, 4) is 5.75 Å². The first kappa shape index (κ1) is 17.9. The third-order valence-electron chi connectivity index (χ3n) is 3.18. The van der Waals surface area contributed by atoms with Gasteiger partial charge in [-0.15, -0.1) is 0 Å². The fraction of sp³-hybridized carbons (Fsp3) is 0.105. The summed E-state index contributed by atoms with van der Waals surface area (Å²) in [6.07, 6.45) is 3.39. The maximum absolute atomic E-state index is 11.8. The van der Waals surface area contributed by atoms with Crippen molar-refractivity contribution in [3.05, 3.63) is 65.7 Å². The topological polar surface area (TPSA) is 79.8 Å². The summed E-state index contributed by atoms with van der Waals surface area (Å²) in [7, 11) is 1.55. The Hall–Kier alpha value is -3.41. The van der Waals surface area contributed by atoms with Crippen molar-refractivity contribution in [2.24, 2.45) is 5.10 Å². The van der Waals surface area contributed by atoms with Crippen LogP contribution in [-0.2, 0) is 9.59 Å². The molecule has 0 spiro atoms. The maximum atomic E-state index is 11.8. The predicted octanol–water partition coefficient (Wildman–Crippen LogP) is 2.84. The molecule has 0 saturated carbocycles. The monoisotopic (exact) mass is 337 g/mol. The molecule has 0 aliphatic rings. The Morgan fingerprint density at radius 1 is 1.00 bits per heavy atom. The minimum Gasteiger partial charge on any atom is -0.497 e. The minimum absolute atomic E-state index is 0.491. The van der Waals surface area contributed by atoms with Crippen LogP contribution in [0.1, 0.15) is 12.5 Å². The van der Waals surface area contributed by atoms with Crippen molar-refractivity contribution in [1.82, 2.24) is 5.43 Å². The van der Waals surface area contributed by atoms with Gasteiger partial charge in [0.2, 0.25) is 0 Å². The number of carbonyl (C=O) groups is 2. The zero-order valence-electron chi connectivity index (χ0n) is 14.0. The van der Waals surface area contributed by atoms with E-state index in [9.17, 15) is 9.59 Å². The Morgan fingerprint density at radius 3 is 2.32 bits per heavy atom. The highest BCUT2D eigenvalue weighted by Crippen LogP contribution is 2.14. The van der Waals surface area contributed by atoms with E-state index in [1.54, 1.807) is 31.4 Å². The van der Waals surface area contributed by atoms with E-state index >= 15 is 0 Å². The Bertz CT molecular complexity index is 781. The van der Waals surface area contributed by atoms with Gasteiger partial charge in [-0.1, -0.05) is 36.4 Å². The van der Waals surface area contributed by atoms with Gasteiger partial charge in [0.05, 0.1) is 13.3 Å². The van der Waals surface area contributed by atoms with Crippen LogP contribution in [0.3, 0.4) is 0 Å². The summed E-state index contributed by atoms with van der Waals surface area (Å²) in [5.41, 5.74) is 4.54. The number of carbonyl (C=O) groups excluding carboxylic acids is 2. The molecule has 6 heteroatoms. The molecule has 2 amide bonds. The number of methoxy groups -OCH3 is 1. The summed E-state index contributed by atoms with van der Waals surface area (Å²) in [6, 6.07) is 16.4. The van der Waals surface area contributed by atoms with Gasteiger partial charge < -0.3 is 10.1 Å². The molecule has 6 nitrogen and oxygen atoms in total. The van der Waals surface area contributed by atoms with E-state index in [0.717, 1.165) is 11.1 Å². The fourth-order valence-corrected chi connectivity index (χ4v) is 1.96. The second-order valence-corrected chi connectivity index (χ2v) is 5.18. The number of hydrazone groups is 1. The van der Waals surface area contributed by atoms with E-state index in [0.29, 0.717) is 11.4 Å². The average molecular weight is 337 g/mol. The number of amides is 2. The van der Waals surface area contributed by atoms with Crippen molar-refractivity contribution in [3.63, 3.8) is 0 Å². The van der Waals surface area contributed by atoms with Crippen LogP contribution in [0.15, 0.2) is 65.3 Å². The Morgan fingerprint density at radius 2 is 1.68 bits per heavy atom. The molecule has 0 aliphatic heterocycles. The molecule has 2 aromatic carbocycles. The molecule has 0 atom stereocenters. The second kappa shape index (κ2) is 9.02. The van der Waals surface area contributed by atoms with Gasteiger partial charge in [0, 0.05) is 5.69 Å². The number of allylic oxidation sites excluding steroid dienone is 1. The quantitative estimate of drug-likeness (QED) is 0.500. The molecule has 0 bridgehead atoms. The zero-order chi connectivity index (χ0) is 18.1. The molecule has 2 N–H and O–H groups in total. The van der Waals surface area contributed by atoms with Gasteiger partial charge in [-0.25, -0.2) is 5.43 Å². The number of hydrogen-bond acceptors (Lipinski definition) is 4. The Labute approximate surface area is 146 Å². The lowest BCUT2D eigenvalue weighted by Crippen LogP contribution is -2.32. The van der Waals surface area contributed by atoms with Crippen LogP contribution in [0.2, 0.25) is 0 Å². The van der Waals surface area contributed by atoms with Gasteiger partial charge in [0.25, 0.3) is 0 Å². The zero-order valence-corrected chi connectivity index (χ0v) is 14.0. The van der Waals surface area contributed by atoms with Crippen LogP contribution in [0, 0.1) is 0 Å². The van der Waals surface area contributed by atoms with Crippen molar-refractivity contribution in [1.29, 1.82) is 0 Å². The van der Waals surface area contributed by atoms with Crippen molar-refractivity contribution < 1.29 is 14.3 Å². The van der Waals surface area contributed by atoms with Gasteiger partial charge in [-0.3, -0.25) is 9.59 Å². The van der Waals surface area contributed by atoms with Crippen molar-refractivity contribution >= 4 is 29.8 Å². The molecule has 128 valence electrons. The lowest BCUT2D eigenvalue weighted by molar-refractivity contribution is -0.136. The number of nitrogens with one attached hydrogen (secondary N) is 2. The average Bonchev–Trinajstić information content (AvgIpc) is 2.63. The number of ether oxygens (including phenoxy) is 1. The first-order valence-corrected chi connectivity index (χ1v) is 7.60. The Balaban J connectivity index is 1.86. The predicted molar refractivity (Wildman–Crippen MR) is 98.4 cm³/mol. The van der Waals surface area contributed by atoms with E-state index in [-0.39, 0.29) is 0 Å². The van der Waals surface area contributed by atoms with E-state index < -0.39 is 11.8 Å². The molecular formula is C19H19N3O3. The number of benzene rings is 2. The molecule has 0 unspecified atom stereocenters. The van der Waals surface area contributed by atoms with E-state index in [1.807, 2.05) is 43.3 Å². The third-order valence-corrected chi connectivity index (χ3v) is 3.18. The van der Waals surface area contributed by atoms with Crippen LogP contribution in [-0.4, -0.2) is 25.1 Å². The van der Waals surface area contributed by atoms with Crippen LogP contribution in [0.25, 0.3) is 6.08 Å². The van der Waals surface area contributed by atoms with E-state index in [4.69, 9.17) is 4.74 Å². The number of nitrogens with zero attached hydrogens (tertiary/aromatic N) is 1. The fourth-order valence-electron chi connectivity index (χ4n) is 1.96. The summed E-state index contributed by atoms with van der Waals surface area (Å²) < 4.78 is 5.02. The Kier molecular flexibility index (Phi) is 6.47. The standard InChI is InChI=1S/C19H19N3O3/c1-14(12-15-6-4-3-5-7-15)13-20-22-19(24)18(23)21-16-8-10-17(25-2)11-9-16/h3-13H,1-2H3,(H,21,23)(H,22,24)/b14-12-,20-13-. The van der Waals surface area contributed by atoms with Gasteiger partial charge in [-0.2, -0.15) is 5.10 Å². The number of hydrogen-bond donors (Lipinski definition) is 2. The summed E-state index contributed by atoms with van der Waals surface area (Å²) in [4.78, 5) is 23.5. The summed E-state index contributed by atoms with van der Waals surface area (Å²) in [6.45, 7) is 1.85. The molecule has 25 heavy (non-hydrogen) atoms. The van der Waals surface area contributed by atoms with E-state index in [2.05, 4.69) is 15.8 Å². The molecule has 0 aromatic heterocycles. The molecule has 2 aromatic rings. The normalized spacial score (nSPS) is 11.2. The van der Waals surface area contributed by atoms with Gasteiger partial charge >= 0.3 is 11.8 Å². The first-order chi connectivity index (χ1) is 12.1. The minimum atomic E-state index is -0.848. The lowest BCUT2D eigenvalue weighted by Gasteiger charge is -2.05. The lowest BCUT2D eigenvalue weighted by atomic mass is 10.1. The van der Waals surface area contributed by atoms with Crippen LogP contribution < -0.4 is 15.5 Å². The van der Waals surface area contributed by atoms with Crippen LogP contribution in [0.5, 0.6) is 5.75 Å². The highest BCUT2D eigenvalue weighted by atomic mass is 16.5. The number of anilines is 1. The summed E-state index contributed by atoms with van der Waals surface area (Å²) in [5.74, 6) is -0.987. The van der Waals surface area contributed by atoms with Gasteiger partial charge in [0.15, 0.2) is 0 Å². The van der Waals surface area contributed by atoms with E-state index in [1.165, 1.54) is 6.21 Å². The van der Waals surface area contributed by atoms with Crippen LogP contribution in [0.4, 0.5) is 5.69 Å². The van der Waals surface area contributed by atoms with Crippen LogP contribution >= 0.6 is 0 Å². The SMILES string of the molecule is COc1ccc(NC(=O)C(=O)N/N=C\C(C)=C/c2ccccc2)cc1. The molecular weight excluding hydrogens is 318 g/mol. The first-order valence-electron chi connectivity index (χ1n) is 7.60. The highest BCUT2D eigenvalue weighted by molar-refractivity contribution is 6.39. The second-order valence-electron chi connectivity index (χ2n) is 5.18. The molecule has 0 fully saturated rings. The van der Waals surface area contributed by atoms with Crippen molar-refractivity contribution in [2.45, 2.75) is 6.92 Å². The summed E-state index contributed by atoms with van der Waals surface area (Å²) >= 11 is 0. The molecule has 0 saturated heterocycles. The largest absolute Gasteiger partial charge is 0.497 e.